The van der Waals surface area contributed by atoms with Crippen LogP contribution >= 0.6 is 0 Å². The van der Waals surface area contributed by atoms with Gasteiger partial charge in [0.1, 0.15) is 0 Å². The predicted molar refractivity (Wildman–Crippen MR) is 60.2 cm³/mol. The van der Waals surface area contributed by atoms with E-state index < -0.39 is 12.0 Å². The summed E-state index contributed by atoms with van der Waals surface area (Å²) in [4.78, 5) is 3.48. The molecule has 0 amide bonds. The fourth-order valence-corrected chi connectivity index (χ4v) is 3.18. The molecule has 1 aromatic heterocycles. The summed E-state index contributed by atoms with van der Waals surface area (Å²) in [5.74, 6) is -0.471. The Morgan fingerprint density at radius 1 is 1.11 bits per heavy atom. The van der Waals surface area contributed by atoms with Gasteiger partial charge in [0.2, 0.25) is 5.89 Å². The van der Waals surface area contributed by atoms with Crippen LogP contribution in [0.2, 0.25) is 0 Å². The van der Waals surface area contributed by atoms with Crippen molar-refractivity contribution in [3.63, 3.8) is 0 Å². The standard InChI is InChI=1S/C12H16F3N3O/c13-12(14,15)11-17-10(19-18-11)9-6-5-7-3-1-2-4-8(7)16-9/h7-9,16H,1-6H2. The summed E-state index contributed by atoms with van der Waals surface area (Å²) in [6.07, 6.45) is 1.98. The highest BCUT2D eigenvalue weighted by Gasteiger charge is 2.39. The minimum absolute atomic E-state index is 0.0661. The summed E-state index contributed by atoms with van der Waals surface area (Å²) >= 11 is 0. The second-order valence-electron chi connectivity index (χ2n) is 5.40. The third-order valence-electron chi connectivity index (χ3n) is 4.14. The van der Waals surface area contributed by atoms with Crippen LogP contribution in [0.1, 0.15) is 56.3 Å². The van der Waals surface area contributed by atoms with E-state index in [2.05, 4.69) is 15.5 Å². The summed E-state index contributed by atoms with van der Waals surface area (Å²) in [6.45, 7) is 0. The monoisotopic (exact) mass is 275 g/mol. The lowest BCUT2D eigenvalue weighted by Gasteiger charge is -2.39. The maximum Gasteiger partial charge on any atom is 0.455 e. The van der Waals surface area contributed by atoms with Crippen molar-refractivity contribution < 1.29 is 17.7 Å². The van der Waals surface area contributed by atoms with E-state index in [1.54, 1.807) is 0 Å². The Labute approximate surface area is 108 Å². The number of alkyl halides is 3. The lowest BCUT2D eigenvalue weighted by Crippen LogP contribution is -2.44. The summed E-state index contributed by atoms with van der Waals surface area (Å²) in [5.41, 5.74) is 0. The average Bonchev–Trinajstić information content (AvgIpc) is 2.87. The van der Waals surface area contributed by atoms with Crippen molar-refractivity contribution in [3.8, 4) is 0 Å². The highest BCUT2D eigenvalue weighted by atomic mass is 19.4. The number of hydrogen-bond donors (Lipinski definition) is 1. The van der Waals surface area contributed by atoms with Gasteiger partial charge in [-0.25, -0.2) is 0 Å². The van der Waals surface area contributed by atoms with E-state index in [0.717, 1.165) is 19.3 Å². The van der Waals surface area contributed by atoms with E-state index in [1.807, 2.05) is 0 Å². The van der Waals surface area contributed by atoms with E-state index in [0.29, 0.717) is 12.0 Å². The number of rotatable bonds is 1. The van der Waals surface area contributed by atoms with Crippen LogP contribution in [-0.4, -0.2) is 16.2 Å². The highest BCUT2D eigenvalue weighted by molar-refractivity contribution is 5.00. The van der Waals surface area contributed by atoms with Gasteiger partial charge in [-0.05, 0) is 31.6 Å². The van der Waals surface area contributed by atoms with Gasteiger partial charge in [-0.2, -0.15) is 18.2 Å². The summed E-state index contributed by atoms with van der Waals surface area (Å²) in [6, 6.07) is 0.150. The first-order valence-corrected chi connectivity index (χ1v) is 6.71. The van der Waals surface area contributed by atoms with Gasteiger partial charge < -0.3 is 9.84 Å². The molecule has 2 fully saturated rings. The van der Waals surface area contributed by atoms with Crippen LogP contribution in [-0.2, 0) is 6.18 Å². The number of hydrogen-bond acceptors (Lipinski definition) is 4. The average molecular weight is 275 g/mol. The van der Waals surface area contributed by atoms with Crippen LogP contribution in [0.5, 0.6) is 0 Å². The van der Waals surface area contributed by atoms with E-state index in [-0.39, 0.29) is 11.9 Å². The smallest absolute Gasteiger partial charge is 0.337 e. The van der Waals surface area contributed by atoms with Crippen molar-refractivity contribution >= 4 is 0 Å². The van der Waals surface area contributed by atoms with Crippen molar-refractivity contribution in [2.24, 2.45) is 5.92 Å². The molecule has 2 aliphatic rings. The zero-order chi connectivity index (χ0) is 13.5. The zero-order valence-corrected chi connectivity index (χ0v) is 10.4. The van der Waals surface area contributed by atoms with E-state index in [9.17, 15) is 13.2 Å². The fraction of sp³-hybridized carbons (Fsp3) is 0.833. The maximum absolute atomic E-state index is 12.4. The van der Waals surface area contributed by atoms with Crippen LogP contribution in [0.15, 0.2) is 4.52 Å². The largest absolute Gasteiger partial charge is 0.455 e. The van der Waals surface area contributed by atoms with Gasteiger partial charge in [-0.15, -0.1) is 0 Å². The summed E-state index contributed by atoms with van der Waals surface area (Å²) < 4.78 is 42.1. The molecule has 1 aliphatic heterocycles. The van der Waals surface area contributed by atoms with E-state index >= 15 is 0 Å². The lowest BCUT2D eigenvalue weighted by atomic mass is 9.78. The second-order valence-corrected chi connectivity index (χ2v) is 5.40. The van der Waals surface area contributed by atoms with Gasteiger partial charge in [0.25, 0.3) is 5.82 Å². The Bertz CT molecular complexity index is 446. The van der Waals surface area contributed by atoms with Crippen molar-refractivity contribution in [1.82, 2.24) is 15.5 Å². The number of nitrogens with one attached hydrogen (secondary N) is 1. The Hall–Kier alpha value is -1.11. The van der Waals surface area contributed by atoms with Crippen molar-refractivity contribution in [3.05, 3.63) is 11.7 Å². The molecule has 1 aliphatic carbocycles. The van der Waals surface area contributed by atoms with Crippen LogP contribution in [0, 0.1) is 5.92 Å². The second kappa shape index (κ2) is 4.77. The van der Waals surface area contributed by atoms with Crippen molar-refractivity contribution in [2.45, 2.75) is 56.8 Å². The molecule has 0 aromatic carbocycles. The number of halogens is 3. The van der Waals surface area contributed by atoms with Crippen LogP contribution in [0.25, 0.3) is 0 Å². The van der Waals surface area contributed by atoms with Gasteiger partial charge in [0, 0.05) is 6.04 Å². The first kappa shape index (κ1) is 12.9. The normalized spacial score (nSPS) is 32.1. The molecule has 0 radical (unpaired) electrons. The van der Waals surface area contributed by atoms with Gasteiger partial charge in [0.05, 0.1) is 6.04 Å². The molecule has 1 saturated carbocycles. The number of nitrogens with zero attached hydrogens (tertiary/aromatic N) is 2. The molecule has 0 spiro atoms. The molecular formula is C12H16F3N3O. The Balaban J connectivity index is 1.71. The Morgan fingerprint density at radius 2 is 1.89 bits per heavy atom. The highest BCUT2D eigenvalue weighted by Crippen LogP contribution is 2.37. The van der Waals surface area contributed by atoms with Crippen LogP contribution in [0.3, 0.4) is 0 Å². The first-order valence-electron chi connectivity index (χ1n) is 6.71. The molecule has 0 bridgehead atoms. The minimum atomic E-state index is -4.54. The Kier molecular flexibility index (Phi) is 3.24. The van der Waals surface area contributed by atoms with Crippen LogP contribution in [0.4, 0.5) is 13.2 Å². The summed E-state index contributed by atoms with van der Waals surface area (Å²) in [5, 5.41) is 6.39. The number of fused-ring (bicyclic) bond motifs is 1. The number of aromatic nitrogens is 2. The van der Waals surface area contributed by atoms with Crippen molar-refractivity contribution in [2.75, 3.05) is 0 Å². The molecule has 4 nitrogen and oxygen atoms in total. The molecule has 1 saturated heterocycles. The topological polar surface area (TPSA) is 51.0 Å². The van der Waals surface area contributed by atoms with Gasteiger partial charge in [0.15, 0.2) is 0 Å². The molecule has 3 rings (SSSR count). The first-order chi connectivity index (χ1) is 9.04. The summed E-state index contributed by atoms with van der Waals surface area (Å²) in [7, 11) is 0. The molecule has 1 aromatic rings. The van der Waals surface area contributed by atoms with E-state index in [4.69, 9.17) is 4.52 Å². The molecule has 2 heterocycles. The molecule has 3 unspecified atom stereocenters. The fourth-order valence-electron chi connectivity index (χ4n) is 3.18. The molecule has 19 heavy (non-hydrogen) atoms. The molecular weight excluding hydrogens is 259 g/mol. The van der Waals surface area contributed by atoms with Crippen LogP contribution < -0.4 is 5.32 Å². The molecule has 7 heteroatoms. The Morgan fingerprint density at radius 3 is 2.63 bits per heavy atom. The maximum atomic E-state index is 12.4. The quantitative estimate of drug-likeness (QED) is 0.855. The zero-order valence-electron chi connectivity index (χ0n) is 10.4. The third kappa shape index (κ3) is 2.61. The third-order valence-corrected chi connectivity index (χ3v) is 4.14. The van der Waals surface area contributed by atoms with E-state index in [1.165, 1.54) is 19.3 Å². The van der Waals surface area contributed by atoms with Gasteiger partial charge in [-0.1, -0.05) is 18.0 Å². The number of piperidine rings is 1. The molecule has 106 valence electrons. The minimum Gasteiger partial charge on any atom is -0.337 e. The SMILES string of the molecule is FC(F)(F)c1noc(C2CCC3CCCCC3N2)n1. The van der Waals surface area contributed by atoms with Crippen molar-refractivity contribution in [1.29, 1.82) is 0 Å². The predicted octanol–water partition coefficient (Wildman–Crippen LogP) is 3.07. The van der Waals surface area contributed by atoms with Gasteiger partial charge >= 0.3 is 6.18 Å². The molecule has 1 N–H and O–H groups in total. The van der Waals surface area contributed by atoms with Gasteiger partial charge in [-0.3, -0.25) is 0 Å². The lowest BCUT2D eigenvalue weighted by molar-refractivity contribution is -0.146. The molecule has 3 atom stereocenters.